The summed E-state index contributed by atoms with van der Waals surface area (Å²) >= 11 is 2.27. The van der Waals surface area contributed by atoms with Gasteiger partial charge in [-0.25, -0.2) is 13.2 Å². The number of anilines is 1. The quantitative estimate of drug-likeness (QED) is 0.313. The van der Waals surface area contributed by atoms with Crippen LogP contribution in [0.15, 0.2) is 24.3 Å². The first kappa shape index (κ1) is 22.6. The van der Waals surface area contributed by atoms with E-state index in [1.54, 1.807) is 6.92 Å². The van der Waals surface area contributed by atoms with Crippen molar-refractivity contribution in [2.24, 2.45) is 16.7 Å². The zero-order valence-corrected chi connectivity index (χ0v) is 22.6. The number of fused-ring (bicyclic) bond motifs is 3. The highest BCUT2D eigenvalue weighted by Crippen LogP contribution is 2.71. The van der Waals surface area contributed by atoms with Crippen LogP contribution < -0.4 is 10.2 Å². The molecule has 0 radical (unpaired) electrons. The van der Waals surface area contributed by atoms with Crippen molar-refractivity contribution in [1.82, 2.24) is 19.9 Å². The summed E-state index contributed by atoms with van der Waals surface area (Å²) in [7, 11) is 0. The molecular weight excluding hydrogens is 582 g/mol. The maximum Gasteiger partial charge on any atom is 0.258 e. The van der Waals surface area contributed by atoms with E-state index in [0.717, 1.165) is 78.1 Å². The SMILES string of the molecule is CC12Cc3c(c(-c4cc5ccc(N6CCC7(CCNCC7)C6=O)cc5[nH]4)nn3PI)CC1C2(F)F. The zero-order valence-electron chi connectivity index (χ0n) is 19.4. The summed E-state index contributed by atoms with van der Waals surface area (Å²) in [6.07, 6.45) is 3.83. The lowest BCUT2D eigenvalue weighted by Gasteiger charge is -2.32. The van der Waals surface area contributed by atoms with Crippen LogP contribution in [0.4, 0.5) is 14.5 Å². The van der Waals surface area contributed by atoms with Gasteiger partial charge in [-0.1, -0.05) is 13.0 Å². The highest BCUT2D eigenvalue weighted by molar-refractivity contribution is 14.2. The van der Waals surface area contributed by atoms with Gasteiger partial charge in [0.15, 0.2) is 0 Å². The number of rotatable bonds is 3. The smallest absolute Gasteiger partial charge is 0.258 e. The molecule has 4 aliphatic rings. The first-order chi connectivity index (χ1) is 16.8. The number of nitrogens with zero attached hydrogens (tertiary/aromatic N) is 3. The Hall–Kier alpha value is -1.58. The fraction of sp³-hybridized carbons (Fsp3) is 0.520. The number of nitrogens with one attached hydrogen (secondary N) is 2. The molecule has 3 unspecified atom stereocenters. The van der Waals surface area contributed by atoms with Crippen molar-refractivity contribution in [2.45, 2.75) is 45.0 Å². The second-order valence-corrected chi connectivity index (χ2v) is 13.0. The summed E-state index contributed by atoms with van der Waals surface area (Å²) in [5.74, 6) is -2.96. The number of aromatic nitrogens is 3. The standard InChI is InChI=1S/C25H27F2IN5OP/c1-23-13-19-16(12-20(23)25(23,26)27)21(31-33(19)35-28)18-10-14-2-3-15(11-17(14)30-18)32-9-6-24(22(32)34)4-7-29-8-5-24/h2-3,10-11,20,29-30,35H,4-9,12-13H2,1H3. The normalized spacial score (nSPS) is 28.9. The van der Waals surface area contributed by atoms with Gasteiger partial charge >= 0.3 is 0 Å². The second kappa shape index (κ2) is 7.48. The van der Waals surface area contributed by atoms with Crippen molar-refractivity contribution in [3.05, 3.63) is 35.5 Å². The van der Waals surface area contributed by atoms with Crippen LogP contribution in [0.3, 0.4) is 0 Å². The largest absolute Gasteiger partial charge is 0.353 e. The lowest BCUT2D eigenvalue weighted by Crippen LogP contribution is -2.42. The Morgan fingerprint density at radius 3 is 2.77 bits per heavy atom. The Morgan fingerprint density at radius 2 is 2.00 bits per heavy atom. The monoisotopic (exact) mass is 609 g/mol. The predicted molar refractivity (Wildman–Crippen MR) is 143 cm³/mol. The maximum absolute atomic E-state index is 14.5. The molecule has 0 bridgehead atoms. The zero-order chi connectivity index (χ0) is 24.2. The highest BCUT2D eigenvalue weighted by atomic mass is 127. The van der Waals surface area contributed by atoms with Crippen molar-refractivity contribution >= 4 is 50.9 Å². The third-order valence-corrected chi connectivity index (χ3v) is 11.1. The van der Waals surface area contributed by atoms with E-state index in [4.69, 9.17) is 5.10 Å². The minimum Gasteiger partial charge on any atom is -0.353 e. The lowest BCUT2D eigenvalue weighted by atomic mass is 9.78. The van der Waals surface area contributed by atoms with Crippen LogP contribution in [0.5, 0.6) is 0 Å². The summed E-state index contributed by atoms with van der Waals surface area (Å²) in [5.41, 5.74) is 4.27. The van der Waals surface area contributed by atoms with Crippen molar-refractivity contribution in [2.75, 3.05) is 24.5 Å². The van der Waals surface area contributed by atoms with Crippen LogP contribution in [-0.2, 0) is 17.6 Å². The molecule has 3 fully saturated rings. The van der Waals surface area contributed by atoms with Gasteiger partial charge in [0.1, 0.15) is 5.69 Å². The first-order valence-electron chi connectivity index (χ1n) is 12.3. The minimum absolute atomic E-state index is 0.216. The molecule has 2 saturated heterocycles. The Balaban J connectivity index is 1.23. The van der Waals surface area contributed by atoms with Crippen molar-refractivity contribution < 1.29 is 13.6 Å². The van der Waals surface area contributed by atoms with E-state index in [1.165, 1.54) is 0 Å². The van der Waals surface area contributed by atoms with Crippen molar-refractivity contribution in [3.8, 4) is 11.4 Å². The van der Waals surface area contributed by atoms with Crippen molar-refractivity contribution in [3.63, 3.8) is 0 Å². The van der Waals surface area contributed by atoms with Gasteiger partial charge in [-0.15, -0.1) is 0 Å². The van der Waals surface area contributed by atoms with E-state index in [9.17, 15) is 13.6 Å². The molecule has 2 aliphatic carbocycles. The molecule has 4 heterocycles. The first-order valence-corrected chi connectivity index (χ1v) is 16.3. The van der Waals surface area contributed by atoms with Gasteiger partial charge in [0.25, 0.3) is 5.92 Å². The molecule has 35 heavy (non-hydrogen) atoms. The minimum atomic E-state index is -2.61. The van der Waals surface area contributed by atoms with Crippen LogP contribution in [-0.4, -0.2) is 46.0 Å². The molecule has 10 heteroatoms. The fourth-order valence-corrected chi connectivity index (χ4v) is 8.49. The fourth-order valence-electron chi connectivity index (χ4n) is 6.84. The topological polar surface area (TPSA) is 66.0 Å². The number of hydrogen-bond acceptors (Lipinski definition) is 3. The Morgan fingerprint density at radius 1 is 1.20 bits per heavy atom. The van der Waals surface area contributed by atoms with E-state index in [2.05, 4.69) is 38.4 Å². The molecule has 2 aliphatic heterocycles. The van der Waals surface area contributed by atoms with Gasteiger partial charge in [0.2, 0.25) is 5.91 Å². The van der Waals surface area contributed by atoms with E-state index >= 15 is 0 Å². The molecule has 2 aromatic heterocycles. The summed E-state index contributed by atoms with van der Waals surface area (Å²) in [6, 6.07) is 8.17. The number of carbonyl (C=O) groups is 1. The van der Waals surface area contributed by atoms with Crippen LogP contribution in [0, 0.1) is 16.7 Å². The van der Waals surface area contributed by atoms with Gasteiger partial charge in [-0.2, -0.15) is 5.10 Å². The average molecular weight is 609 g/mol. The molecule has 2 N–H and O–H groups in total. The van der Waals surface area contributed by atoms with E-state index < -0.39 is 17.3 Å². The molecule has 7 rings (SSSR count). The number of alkyl halides is 2. The summed E-state index contributed by atoms with van der Waals surface area (Å²) in [5, 5.41) is 9.25. The van der Waals surface area contributed by atoms with Crippen LogP contribution in [0.1, 0.15) is 37.4 Å². The second-order valence-electron chi connectivity index (χ2n) is 10.9. The van der Waals surface area contributed by atoms with Crippen LogP contribution in [0.2, 0.25) is 0 Å². The van der Waals surface area contributed by atoms with Gasteiger partial charge in [0.05, 0.1) is 17.5 Å². The Bertz CT molecular complexity index is 1380. The van der Waals surface area contributed by atoms with Crippen LogP contribution in [0.25, 0.3) is 22.3 Å². The number of amides is 1. The van der Waals surface area contributed by atoms with Gasteiger partial charge in [-0.05, 0) is 79.0 Å². The molecule has 6 nitrogen and oxygen atoms in total. The maximum atomic E-state index is 14.5. The number of carbonyl (C=O) groups excluding carboxylic acids is 1. The van der Waals surface area contributed by atoms with E-state index in [1.807, 2.05) is 27.6 Å². The number of H-pyrrole nitrogens is 1. The molecule has 184 valence electrons. The number of halogens is 3. The molecule has 1 spiro atoms. The third kappa shape index (κ3) is 3.04. The summed E-state index contributed by atoms with van der Waals surface area (Å²) < 4.78 is 31.0. The van der Waals surface area contributed by atoms with Gasteiger partial charge < -0.3 is 15.2 Å². The van der Waals surface area contributed by atoms with Gasteiger partial charge in [-0.3, -0.25) is 4.79 Å². The Labute approximate surface area is 216 Å². The Kier molecular flexibility index (Phi) is 4.83. The number of aromatic amines is 1. The summed E-state index contributed by atoms with van der Waals surface area (Å²) in [4.78, 5) is 18.8. The van der Waals surface area contributed by atoms with Crippen LogP contribution >= 0.6 is 28.4 Å². The summed E-state index contributed by atoms with van der Waals surface area (Å²) in [6.45, 7) is 4.27. The molecule has 1 aromatic carbocycles. The van der Waals surface area contributed by atoms with Crippen molar-refractivity contribution in [1.29, 1.82) is 0 Å². The third-order valence-electron chi connectivity index (χ3n) is 9.24. The average Bonchev–Trinajstić information content (AvgIpc) is 3.32. The predicted octanol–water partition coefficient (Wildman–Crippen LogP) is 5.30. The lowest BCUT2D eigenvalue weighted by molar-refractivity contribution is -0.126. The molecule has 1 saturated carbocycles. The number of hydrogen-bond donors (Lipinski definition) is 2. The molecule has 3 aromatic rings. The number of benzene rings is 1. The molecular formula is C25H27F2IN5OP. The molecule has 1 amide bonds. The van der Waals surface area contributed by atoms with E-state index in [-0.39, 0.29) is 11.3 Å². The number of piperidine rings is 1. The molecule has 3 atom stereocenters. The van der Waals surface area contributed by atoms with E-state index in [0.29, 0.717) is 19.2 Å². The van der Waals surface area contributed by atoms with Gasteiger partial charge in [0, 0.05) is 52.1 Å². The highest BCUT2D eigenvalue weighted by Gasteiger charge is 2.78.